The minimum Gasteiger partial charge on any atom is -0.348 e. The largest absolute Gasteiger partial charge is 0.348 e. The summed E-state index contributed by atoms with van der Waals surface area (Å²) in [7, 11) is 3.52. The van der Waals surface area contributed by atoms with E-state index in [1.54, 1.807) is 19.0 Å². The Labute approximate surface area is 63.4 Å². The summed E-state index contributed by atoms with van der Waals surface area (Å²) in [6.07, 6.45) is 0. The molecule has 0 unspecified atom stereocenters. The molecule has 0 saturated heterocycles. The Kier molecular flexibility index (Phi) is 3.35. The van der Waals surface area contributed by atoms with E-state index in [0.29, 0.717) is 0 Å². The van der Waals surface area contributed by atoms with Crippen LogP contribution in [0.4, 0.5) is 0 Å². The highest BCUT2D eigenvalue weighted by atomic mass is 127. The van der Waals surface area contributed by atoms with E-state index in [1.165, 1.54) is 0 Å². The molecule has 3 heteroatoms. The van der Waals surface area contributed by atoms with E-state index < -0.39 is 0 Å². The Morgan fingerprint density at radius 2 is 2.00 bits per heavy atom. The van der Waals surface area contributed by atoms with E-state index in [0.717, 1.165) is 0 Å². The second-order valence-corrected chi connectivity index (χ2v) is 3.72. The summed E-state index contributed by atoms with van der Waals surface area (Å²) in [4.78, 5) is 12.4. The maximum absolute atomic E-state index is 10.8. The van der Waals surface area contributed by atoms with Crippen LogP contribution in [0.3, 0.4) is 0 Å². The van der Waals surface area contributed by atoms with Crippen LogP contribution in [0.5, 0.6) is 0 Å². The molecule has 0 spiro atoms. The number of alkyl halides is 1. The molecule has 0 aliphatic heterocycles. The summed E-state index contributed by atoms with van der Waals surface area (Å²) in [6, 6.07) is 0. The first-order valence-electron chi connectivity index (χ1n) is 2.41. The van der Waals surface area contributed by atoms with Gasteiger partial charge >= 0.3 is 0 Å². The molecule has 0 aromatic rings. The summed E-state index contributed by atoms with van der Waals surface area (Å²) >= 11 is 2.09. The maximum Gasteiger partial charge on any atom is 0.234 e. The van der Waals surface area contributed by atoms with Crippen molar-refractivity contribution in [2.75, 3.05) is 14.1 Å². The zero-order valence-corrected chi connectivity index (χ0v) is 7.47. The summed E-state index contributed by atoms with van der Waals surface area (Å²) in [5.74, 6) is 0.172. The van der Waals surface area contributed by atoms with Crippen LogP contribution in [0.1, 0.15) is 6.92 Å². The van der Waals surface area contributed by atoms with Gasteiger partial charge in [-0.2, -0.15) is 0 Å². The van der Waals surface area contributed by atoms with Gasteiger partial charge in [-0.1, -0.05) is 22.6 Å². The Morgan fingerprint density at radius 3 is 2.00 bits per heavy atom. The smallest absolute Gasteiger partial charge is 0.234 e. The lowest BCUT2D eigenvalue weighted by molar-refractivity contribution is -0.127. The summed E-state index contributed by atoms with van der Waals surface area (Å²) < 4.78 is 0.0996. The Hall–Kier alpha value is 0.200. The molecule has 2 nitrogen and oxygen atoms in total. The van der Waals surface area contributed by atoms with Crippen LogP contribution in [0.15, 0.2) is 0 Å². The molecule has 0 rings (SSSR count). The fourth-order valence-corrected chi connectivity index (χ4v) is 0.913. The first kappa shape index (κ1) is 8.20. The van der Waals surface area contributed by atoms with Crippen molar-refractivity contribution in [2.45, 2.75) is 10.8 Å². The third kappa shape index (κ3) is 2.49. The molecule has 0 aromatic heterocycles. The molecule has 0 aromatic carbocycles. The number of amides is 1. The van der Waals surface area contributed by atoms with Crippen LogP contribution in [-0.4, -0.2) is 28.8 Å². The van der Waals surface area contributed by atoms with Crippen molar-refractivity contribution in [3.8, 4) is 0 Å². The zero-order chi connectivity index (χ0) is 6.73. The molecule has 0 fully saturated rings. The summed E-state index contributed by atoms with van der Waals surface area (Å²) in [5.41, 5.74) is 0. The van der Waals surface area contributed by atoms with Crippen molar-refractivity contribution < 1.29 is 4.79 Å². The van der Waals surface area contributed by atoms with E-state index in [1.807, 2.05) is 6.92 Å². The predicted molar refractivity (Wildman–Crippen MR) is 42.2 cm³/mol. The highest BCUT2D eigenvalue weighted by Crippen LogP contribution is 2.00. The number of carbonyl (C=O) groups is 1. The normalized spacial score (nSPS) is 13.0. The first-order valence-corrected chi connectivity index (χ1v) is 3.65. The Bertz CT molecular complexity index is 80.4. The van der Waals surface area contributed by atoms with Gasteiger partial charge < -0.3 is 4.90 Å². The lowest BCUT2D eigenvalue weighted by Gasteiger charge is -2.10. The summed E-state index contributed by atoms with van der Waals surface area (Å²) in [6.45, 7) is 1.88. The number of hydrogen-bond acceptors (Lipinski definition) is 1. The fourth-order valence-electron chi connectivity index (χ4n) is 0.356. The van der Waals surface area contributed by atoms with Crippen LogP contribution >= 0.6 is 22.6 Å². The molecule has 0 N–H and O–H groups in total. The molecule has 1 amide bonds. The molecule has 1 atom stereocenters. The molecular formula is C5H10INO. The SMILES string of the molecule is C[C@H](I)C(=O)N(C)C. The topological polar surface area (TPSA) is 20.3 Å². The quantitative estimate of drug-likeness (QED) is 0.481. The number of nitrogens with zero attached hydrogens (tertiary/aromatic N) is 1. The van der Waals surface area contributed by atoms with Gasteiger partial charge in [0.05, 0.1) is 3.92 Å². The van der Waals surface area contributed by atoms with Gasteiger partial charge in [0.15, 0.2) is 0 Å². The van der Waals surface area contributed by atoms with Crippen molar-refractivity contribution >= 4 is 28.5 Å². The standard InChI is InChI=1S/C5H10INO/c1-4(6)5(8)7(2)3/h4H,1-3H3/t4-/m0/s1. The molecule has 0 aliphatic carbocycles. The van der Waals surface area contributed by atoms with Gasteiger partial charge in [-0.05, 0) is 6.92 Å². The van der Waals surface area contributed by atoms with E-state index in [9.17, 15) is 4.79 Å². The van der Waals surface area contributed by atoms with Gasteiger partial charge in [0.25, 0.3) is 0 Å². The van der Waals surface area contributed by atoms with Crippen molar-refractivity contribution in [3.05, 3.63) is 0 Å². The van der Waals surface area contributed by atoms with Gasteiger partial charge in [-0.25, -0.2) is 0 Å². The van der Waals surface area contributed by atoms with Crippen LogP contribution < -0.4 is 0 Å². The molecule has 8 heavy (non-hydrogen) atoms. The fraction of sp³-hybridized carbons (Fsp3) is 0.800. The lowest BCUT2D eigenvalue weighted by atomic mass is 10.4. The second kappa shape index (κ2) is 3.27. The van der Waals surface area contributed by atoms with Crippen LogP contribution in [0, 0.1) is 0 Å². The van der Waals surface area contributed by atoms with Crippen molar-refractivity contribution in [1.29, 1.82) is 0 Å². The number of rotatable bonds is 1. The average Bonchev–Trinajstić information content (AvgIpc) is 1.64. The number of hydrogen-bond donors (Lipinski definition) is 0. The minimum absolute atomic E-state index is 0.0996. The van der Waals surface area contributed by atoms with E-state index >= 15 is 0 Å². The third-order valence-electron chi connectivity index (χ3n) is 0.781. The average molecular weight is 227 g/mol. The van der Waals surface area contributed by atoms with Crippen LogP contribution in [0.25, 0.3) is 0 Å². The molecular weight excluding hydrogens is 217 g/mol. The first-order chi connectivity index (χ1) is 3.55. The monoisotopic (exact) mass is 227 g/mol. The van der Waals surface area contributed by atoms with Crippen LogP contribution in [0.2, 0.25) is 0 Å². The lowest BCUT2D eigenvalue weighted by Crippen LogP contribution is -2.27. The molecule has 0 saturated carbocycles. The highest BCUT2D eigenvalue weighted by Gasteiger charge is 2.08. The highest BCUT2D eigenvalue weighted by molar-refractivity contribution is 14.1. The van der Waals surface area contributed by atoms with Crippen molar-refractivity contribution in [3.63, 3.8) is 0 Å². The van der Waals surface area contributed by atoms with Crippen LogP contribution in [-0.2, 0) is 4.79 Å². The predicted octanol–water partition coefficient (Wildman–Crippen LogP) is 0.898. The molecule has 48 valence electrons. The van der Waals surface area contributed by atoms with E-state index in [2.05, 4.69) is 22.6 Å². The van der Waals surface area contributed by atoms with Gasteiger partial charge in [0.2, 0.25) is 5.91 Å². The number of halogens is 1. The van der Waals surface area contributed by atoms with Gasteiger partial charge in [0, 0.05) is 14.1 Å². The third-order valence-corrected chi connectivity index (χ3v) is 1.31. The number of carbonyl (C=O) groups excluding carboxylic acids is 1. The second-order valence-electron chi connectivity index (χ2n) is 1.85. The van der Waals surface area contributed by atoms with Crippen molar-refractivity contribution in [1.82, 2.24) is 4.90 Å². The molecule has 0 bridgehead atoms. The molecule has 0 heterocycles. The van der Waals surface area contributed by atoms with Gasteiger partial charge in [0.1, 0.15) is 0 Å². The van der Waals surface area contributed by atoms with E-state index in [4.69, 9.17) is 0 Å². The molecule has 0 aliphatic rings. The zero-order valence-electron chi connectivity index (χ0n) is 5.31. The maximum atomic E-state index is 10.8. The minimum atomic E-state index is 0.0996. The van der Waals surface area contributed by atoms with Gasteiger partial charge in [-0.15, -0.1) is 0 Å². The van der Waals surface area contributed by atoms with E-state index in [-0.39, 0.29) is 9.83 Å². The van der Waals surface area contributed by atoms with Gasteiger partial charge in [-0.3, -0.25) is 4.79 Å². The summed E-state index contributed by atoms with van der Waals surface area (Å²) in [5, 5.41) is 0. The Morgan fingerprint density at radius 1 is 1.62 bits per heavy atom. The Balaban J connectivity index is 3.65. The molecule has 0 radical (unpaired) electrons. The van der Waals surface area contributed by atoms with Crippen molar-refractivity contribution in [2.24, 2.45) is 0 Å².